The quantitative estimate of drug-likeness (QED) is 0.239. The van der Waals surface area contributed by atoms with Gasteiger partial charge in [-0.3, -0.25) is 0 Å². The van der Waals surface area contributed by atoms with Gasteiger partial charge in [-0.1, -0.05) is 139 Å². The Kier molecular flexibility index (Phi) is 8.15. The minimum atomic E-state index is -1.74. The molecule has 0 fully saturated rings. The molecule has 1 unspecified atom stereocenters. The Hall–Kier alpha value is -1.88. The summed E-state index contributed by atoms with van der Waals surface area (Å²) in [5.41, 5.74) is 5.42. The van der Waals surface area contributed by atoms with E-state index in [0.29, 0.717) is 0 Å². The van der Waals surface area contributed by atoms with Gasteiger partial charge in [-0.05, 0) is 24.4 Å². The van der Waals surface area contributed by atoms with Gasteiger partial charge in [0.25, 0.3) is 0 Å². The summed E-state index contributed by atoms with van der Waals surface area (Å²) in [6, 6.07) is 33.9. The normalized spacial score (nSPS) is 13.8. The van der Waals surface area contributed by atoms with E-state index in [1.165, 1.54) is 21.5 Å². The average molecular weight is 463 g/mol. The van der Waals surface area contributed by atoms with Crippen molar-refractivity contribution in [2.24, 2.45) is 0 Å². The molecule has 0 aliphatic rings. The molecule has 3 heteroatoms. The predicted octanol–water partition coefficient (Wildman–Crippen LogP) is 6.92. The minimum absolute atomic E-state index is 0.0752. The molecular formula is C28H35ClSi2. The smallest absolute Gasteiger partial charge is 0.104 e. The average Bonchev–Trinajstić information content (AvgIpc) is 2.78. The first-order valence-corrected chi connectivity index (χ1v) is 18.0. The first-order chi connectivity index (χ1) is 14.8. The number of hydrogen-bond donors (Lipinski definition) is 0. The molecule has 0 heterocycles. The van der Waals surface area contributed by atoms with Crippen LogP contribution in [0.5, 0.6) is 0 Å². The zero-order valence-electron chi connectivity index (χ0n) is 19.3. The van der Waals surface area contributed by atoms with Gasteiger partial charge in [-0.25, -0.2) is 0 Å². The molecule has 0 amide bonds. The van der Waals surface area contributed by atoms with E-state index < -0.39 is 16.1 Å². The first kappa shape index (κ1) is 23.8. The van der Waals surface area contributed by atoms with Gasteiger partial charge in [0.2, 0.25) is 0 Å². The Balaban J connectivity index is 1.89. The summed E-state index contributed by atoms with van der Waals surface area (Å²) < 4.78 is 0. The number of alkyl halides is 1. The third-order valence-electron chi connectivity index (χ3n) is 6.20. The Labute approximate surface area is 196 Å². The van der Waals surface area contributed by atoms with Crippen molar-refractivity contribution in [2.45, 2.75) is 50.5 Å². The van der Waals surface area contributed by atoms with Gasteiger partial charge in [0.1, 0.15) is 8.07 Å². The number of aryl methyl sites for hydroxylation is 1. The largest absolute Gasteiger partial charge is 0.118 e. The first-order valence-electron chi connectivity index (χ1n) is 11.3. The van der Waals surface area contributed by atoms with Crippen LogP contribution in [0.15, 0.2) is 102 Å². The Morgan fingerprint density at radius 3 is 1.77 bits per heavy atom. The molecule has 0 nitrogen and oxygen atoms in total. The van der Waals surface area contributed by atoms with Crippen molar-refractivity contribution < 1.29 is 0 Å². The second-order valence-electron chi connectivity index (χ2n) is 9.73. The molecule has 162 valence electrons. The Bertz CT molecular complexity index is 964. The topological polar surface area (TPSA) is 0 Å². The highest BCUT2D eigenvalue weighted by molar-refractivity contribution is 6.94. The predicted molar refractivity (Wildman–Crippen MR) is 144 cm³/mol. The number of hydrogen-bond acceptors (Lipinski definition) is 0. The van der Waals surface area contributed by atoms with E-state index in [2.05, 4.69) is 123 Å². The fourth-order valence-corrected chi connectivity index (χ4v) is 10.1. The molecule has 0 bridgehead atoms. The van der Waals surface area contributed by atoms with Gasteiger partial charge in [0.05, 0.1) is 13.5 Å². The van der Waals surface area contributed by atoms with E-state index in [9.17, 15) is 0 Å². The molecule has 0 saturated carbocycles. The standard InChI is InChI=1S/C28H35ClSi2/c1-30(2,26-16-10-6-11-17-26)22-25(23-31(3,4)27-18-12-7-13-19-27)28(29)21-20-24-14-8-5-9-15-24/h5-19,22,28H,20-21,23H2,1-4H3/b25-22-. The second kappa shape index (κ2) is 10.6. The van der Waals surface area contributed by atoms with Gasteiger partial charge in [-0.2, -0.15) is 0 Å². The Morgan fingerprint density at radius 1 is 0.742 bits per heavy atom. The molecule has 3 rings (SSSR count). The van der Waals surface area contributed by atoms with Gasteiger partial charge in [-0.15, -0.1) is 11.6 Å². The van der Waals surface area contributed by atoms with Crippen molar-refractivity contribution in [1.82, 2.24) is 0 Å². The maximum Gasteiger partial charge on any atom is 0.104 e. The zero-order chi connectivity index (χ0) is 22.3. The van der Waals surface area contributed by atoms with E-state index in [-0.39, 0.29) is 5.38 Å². The highest BCUT2D eigenvalue weighted by atomic mass is 35.5. The van der Waals surface area contributed by atoms with E-state index in [1.807, 2.05) is 0 Å². The molecule has 0 spiro atoms. The van der Waals surface area contributed by atoms with Crippen molar-refractivity contribution in [2.75, 3.05) is 0 Å². The molecule has 0 aliphatic heterocycles. The minimum Gasteiger partial charge on any atom is -0.118 e. The summed E-state index contributed by atoms with van der Waals surface area (Å²) in [6.45, 7) is 9.85. The maximum atomic E-state index is 7.16. The van der Waals surface area contributed by atoms with Crippen molar-refractivity contribution in [3.63, 3.8) is 0 Å². The van der Waals surface area contributed by atoms with Crippen LogP contribution in [-0.2, 0) is 6.42 Å². The number of benzene rings is 3. The summed E-state index contributed by atoms with van der Waals surface area (Å²) in [7, 11) is -3.38. The number of allylic oxidation sites excluding steroid dienone is 1. The molecule has 0 radical (unpaired) electrons. The van der Waals surface area contributed by atoms with Crippen LogP contribution in [0.4, 0.5) is 0 Å². The third kappa shape index (κ3) is 6.80. The van der Waals surface area contributed by atoms with Crippen molar-refractivity contribution >= 4 is 38.1 Å². The molecule has 0 saturated heterocycles. The van der Waals surface area contributed by atoms with Gasteiger partial charge in [0.15, 0.2) is 0 Å². The molecule has 1 atom stereocenters. The van der Waals surface area contributed by atoms with E-state index >= 15 is 0 Å². The summed E-state index contributed by atoms with van der Waals surface area (Å²) in [6.07, 6.45) is 2.00. The summed E-state index contributed by atoms with van der Waals surface area (Å²) in [5.74, 6) is 0. The van der Waals surface area contributed by atoms with Crippen LogP contribution in [0.2, 0.25) is 32.2 Å². The fraction of sp³-hybridized carbons (Fsp3) is 0.286. The van der Waals surface area contributed by atoms with E-state index in [0.717, 1.165) is 18.9 Å². The highest BCUT2D eigenvalue weighted by Crippen LogP contribution is 2.28. The van der Waals surface area contributed by atoms with E-state index in [4.69, 9.17) is 11.6 Å². The van der Waals surface area contributed by atoms with Gasteiger partial charge < -0.3 is 0 Å². The summed E-state index contributed by atoms with van der Waals surface area (Å²) in [4.78, 5) is 0. The van der Waals surface area contributed by atoms with Crippen molar-refractivity contribution in [3.8, 4) is 0 Å². The highest BCUT2D eigenvalue weighted by Gasteiger charge is 2.30. The summed E-state index contributed by atoms with van der Waals surface area (Å²) in [5, 5.41) is 3.05. The third-order valence-corrected chi connectivity index (χ3v) is 12.8. The van der Waals surface area contributed by atoms with Crippen LogP contribution in [0, 0.1) is 0 Å². The van der Waals surface area contributed by atoms with Crippen LogP contribution < -0.4 is 10.4 Å². The van der Waals surface area contributed by atoms with Crippen LogP contribution in [0.25, 0.3) is 0 Å². The molecular weight excluding hydrogens is 428 g/mol. The lowest BCUT2D eigenvalue weighted by molar-refractivity contribution is 0.817. The van der Waals surface area contributed by atoms with Crippen molar-refractivity contribution in [3.05, 3.63) is 108 Å². The zero-order valence-corrected chi connectivity index (χ0v) is 22.1. The van der Waals surface area contributed by atoms with Crippen LogP contribution in [0.1, 0.15) is 12.0 Å². The lowest BCUT2D eigenvalue weighted by Gasteiger charge is -2.29. The monoisotopic (exact) mass is 462 g/mol. The molecule has 0 aromatic heterocycles. The lowest BCUT2D eigenvalue weighted by Crippen LogP contribution is -2.44. The molecule has 3 aromatic carbocycles. The van der Waals surface area contributed by atoms with Crippen LogP contribution in [-0.4, -0.2) is 21.5 Å². The van der Waals surface area contributed by atoms with Crippen LogP contribution >= 0.6 is 11.6 Å². The fourth-order valence-electron chi connectivity index (χ4n) is 4.29. The summed E-state index contributed by atoms with van der Waals surface area (Å²) >= 11 is 7.16. The lowest BCUT2D eigenvalue weighted by atomic mass is 10.1. The van der Waals surface area contributed by atoms with Crippen LogP contribution in [0.3, 0.4) is 0 Å². The molecule has 0 N–H and O–H groups in total. The number of halogens is 1. The van der Waals surface area contributed by atoms with E-state index in [1.54, 1.807) is 0 Å². The molecule has 3 aromatic rings. The molecule has 31 heavy (non-hydrogen) atoms. The van der Waals surface area contributed by atoms with Gasteiger partial charge in [0, 0.05) is 0 Å². The van der Waals surface area contributed by atoms with Crippen molar-refractivity contribution in [1.29, 1.82) is 0 Å². The second-order valence-corrected chi connectivity index (χ2v) is 19.3. The van der Waals surface area contributed by atoms with Gasteiger partial charge >= 0.3 is 0 Å². The SMILES string of the molecule is C[Si](C)(/C=C(/C[Si](C)(C)c1ccccc1)C(Cl)CCc1ccccc1)c1ccccc1. The number of rotatable bonds is 9. The maximum absolute atomic E-state index is 7.16. The Morgan fingerprint density at radius 2 is 1.23 bits per heavy atom. The molecule has 0 aliphatic carbocycles.